The summed E-state index contributed by atoms with van der Waals surface area (Å²) in [7, 11) is 1.56. The zero-order valence-corrected chi connectivity index (χ0v) is 19.9. The number of halogens is 2. The zero-order chi connectivity index (χ0) is 25.4. The maximum atomic E-state index is 13.9. The molecular weight excluding hydrogens is 470 g/mol. The third-order valence-corrected chi connectivity index (χ3v) is 6.21. The van der Waals surface area contributed by atoms with E-state index in [4.69, 9.17) is 13.9 Å². The fraction of sp³-hybridized carbons (Fsp3) is 0.269. The van der Waals surface area contributed by atoms with Crippen molar-refractivity contribution in [3.63, 3.8) is 0 Å². The largest absolute Gasteiger partial charge is 0.496 e. The van der Waals surface area contributed by atoms with Crippen LogP contribution >= 0.6 is 0 Å². The van der Waals surface area contributed by atoms with Gasteiger partial charge in [0.05, 0.1) is 18.9 Å². The van der Waals surface area contributed by atoms with E-state index in [1.54, 1.807) is 44.0 Å². The van der Waals surface area contributed by atoms with Crippen molar-refractivity contribution in [2.75, 3.05) is 7.11 Å². The molecule has 0 saturated heterocycles. The van der Waals surface area contributed by atoms with Gasteiger partial charge in [-0.3, -0.25) is 4.57 Å². The fourth-order valence-corrected chi connectivity index (χ4v) is 4.38. The highest BCUT2D eigenvalue weighted by molar-refractivity contribution is 5.72. The van der Waals surface area contributed by atoms with Gasteiger partial charge in [-0.1, -0.05) is 19.1 Å². The number of ether oxygens (including phenoxy) is 2. The Kier molecular flexibility index (Phi) is 6.05. The van der Waals surface area contributed by atoms with Gasteiger partial charge in [0.1, 0.15) is 17.6 Å². The summed E-state index contributed by atoms with van der Waals surface area (Å²) in [5.41, 5.74) is 0.0680. The Morgan fingerprint density at radius 3 is 2.69 bits per heavy atom. The van der Waals surface area contributed by atoms with Gasteiger partial charge in [0.15, 0.2) is 40.5 Å². The smallest absolute Gasteiger partial charge is 0.197 e. The van der Waals surface area contributed by atoms with E-state index >= 15 is 0 Å². The summed E-state index contributed by atoms with van der Waals surface area (Å²) in [5.74, 6) is 0.535. The summed E-state index contributed by atoms with van der Waals surface area (Å²) in [6.45, 7) is 3.56. The first-order valence-electron chi connectivity index (χ1n) is 11.4. The van der Waals surface area contributed by atoms with Crippen molar-refractivity contribution in [2.45, 2.75) is 38.4 Å². The molecule has 0 radical (unpaired) electrons. The van der Waals surface area contributed by atoms with E-state index in [1.165, 1.54) is 6.07 Å². The van der Waals surface area contributed by atoms with Crippen molar-refractivity contribution in [2.24, 2.45) is 0 Å². The van der Waals surface area contributed by atoms with E-state index in [0.717, 1.165) is 17.7 Å². The van der Waals surface area contributed by atoms with Gasteiger partial charge in [0.25, 0.3) is 0 Å². The zero-order valence-electron chi connectivity index (χ0n) is 19.9. The van der Waals surface area contributed by atoms with Crippen LogP contribution in [0, 0.1) is 18.6 Å². The first-order chi connectivity index (χ1) is 17.4. The Morgan fingerprint density at radius 1 is 1.17 bits per heavy atom. The Morgan fingerprint density at radius 2 is 2.00 bits per heavy atom. The van der Waals surface area contributed by atoms with Crippen LogP contribution in [-0.2, 0) is 5.60 Å². The topological polar surface area (TPSA) is 95.4 Å². The maximum Gasteiger partial charge on any atom is 0.197 e. The van der Waals surface area contributed by atoms with Crippen molar-refractivity contribution >= 4 is 6.20 Å². The Labute approximate surface area is 205 Å². The number of hydrogen-bond donors (Lipinski definition) is 1. The highest BCUT2D eigenvalue weighted by Crippen LogP contribution is 2.41. The third kappa shape index (κ3) is 3.93. The van der Waals surface area contributed by atoms with Crippen LogP contribution in [0.4, 0.5) is 8.78 Å². The summed E-state index contributed by atoms with van der Waals surface area (Å²) in [4.78, 5) is 4.14. The van der Waals surface area contributed by atoms with Crippen molar-refractivity contribution in [1.82, 2.24) is 19.7 Å². The molecule has 1 aliphatic heterocycles. The average Bonchev–Trinajstić information content (AvgIpc) is 3.52. The molecule has 0 spiro atoms. The molecule has 10 heteroatoms. The third-order valence-electron chi connectivity index (χ3n) is 6.21. The summed E-state index contributed by atoms with van der Waals surface area (Å²) in [5, 5.41) is 19.8. The molecule has 1 aliphatic rings. The van der Waals surface area contributed by atoms with Crippen molar-refractivity contribution < 1.29 is 27.8 Å². The molecule has 5 rings (SSSR count). The molecule has 186 valence electrons. The van der Waals surface area contributed by atoms with Crippen LogP contribution in [0.15, 0.2) is 53.1 Å². The van der Waals surface area contributed by atoms with Gasteiger partial charge < -0.3 is 19.0 Å². The molecular formula is C26H24F2N4O4. The minimum absolute atomic E-state index is 0.0705. The standard InChI is InChI=1S/C26H24F2N4O4/c1-4-23(33)26(36-17-7-9-19(27)20(28)13-17)10-5-11-32-24(30-31-25(26)32)16-6-8-18(21(12-16)34-3)22-14-29-15(2)35-22/h5-9,11-14,23,33H,4,10H2,1-3H3. The van der Waals surface area contributed by atoms with Crippen LogP contribution in [0.2, 0.25) is 0 Å². The highest BCUT2D eigenvalue weighted by atomic mass is 19.2. The first-order valence-corrected chi connectivity index (χ1v) is 11.4. The van der Waals surface area contributed by atoms with E-state index in [9.17, 15) is 13.9 Å². The molecule has 8 nitrogen and oxygen atoms in total. The molecule has 2 aromatic carbocycles. The maximum absolute atomic E-state index is 13.9. The van der Waals surface area contributed by atoms with E-state index in [1.807, 2.05) is 18.2 Å². The van der Waals surface area contributed by atoms with Crippen LogP contribution in [-0.4, -0.2) is 38.1 Å². The predicted molar refractivity (Wildman–Crippen MR) is 127 cm³/mol. The molecule has 2 aromatic heterocycles. The normalized spacial score (nSPS) is 17.6. The molecule has 0 aliphatic carbocycles. The van der Waals surface area contributed by atoms with E-state index in [-0.39, 0.29) is 12.2 Å². The van der Waals surface area contributed by atoms with Crippen LogP contribution < -0.4 is 9.47 Å². The summed E-state index contributed by atoms with van der Waals surface area (Å²) in [6, 6.07) is 8.75. The van der Waals surface area contributed by atoms with Crippen LogP contribution in [0.3, 0.4) is 0 Å². The van der Waals surface area contributed by atoms with E-state index < -0.39 is 23.3 Å². The number of oxazole rings is 1. The number of fused-ring (bicyclic) bond motifs is 1. The van der Waals surface area contributed by atoms with Crippen molar-refractivity contribution in [3.8, 4) is 34.2 Å². The Bertz CT molecular complexity index is 1450. The first kappa shape index (κ1) is 23.7. The number of nitrogens with zero attached hydrogens (tertiary/aromatic N) is 4. The number of aliphatic hydroxyl groups is 1. The lowest BCUT2D eigenvalue weighted by atomic mass is 9.87. The van der Waals surface area contributed by atoms with Gasteiger partial charge >= 0.3 is 0 Å². The number of benzene rings is 2. The lowest BCUT2D eigenvalue weighted by molar-refractivity contribution is -0.0677. The Balaban J connectivity index is 1.58. The van der Waals surface area contributed by atoms with Gasteiger partial charge in [0, 0.05) is 31.2 Å². The molecule has 2 atom stereocenters. The minimum atomic E-state index is -1.36. The monoisotopic (exact) mass is 494 g/mol. The average molecular weight is 494 g/mol. The summed E-state index contributed by atoms with van der Waals surface area (Å²) < 4.78 is 46.5. The molecule has 4 aromatic rings. The molecule has 3 heterocycles. The second-order valence-electron chi connectivity index (χ2n) is 8.46. The second kappa shape index (κ2) is 9.19. The quantitative estimate of drug-likeness (QED) is 0.381. The van der Waals surface area contributed by atoms with Gasteiger partial charge in [-0.15, -0.1) is 10.2 Å². The molecule has 0 bridgehead atoms. The number of aromatic nitrogens is 4. The summed E-state index contributed by atoms with van der Waals surface area (Å²) in [6.07, 6.45) is 4.83. The van der Waals surface area contributed by atoms with Gasteiger partial charge in [-0.25, -0.2) is 13.8 Å². The molecule has 2 unspecified atom stereocenters. The minimum Gasteiger partial charge on any atom is -0.496 e. The molecule has 36 heavy (non-hydrogen) atoms. The number of hydrogen-bond acceptors (Lipinski definition) is 7. The fourth-order valence-electron chi connectivity index (χ4n) is 4.38. The SMILES string of the molecule is CCC(O)C1(Oc2ccc(F)c(F)c2)CC=Cn2c(-c3ccc(-c4cnc(C)o4)c(OC)c3)nnc21. The van der Waals surface area contributed by atoms with Crippen LogP contribution in [0.25, 0.3) is 28.9 Å². The predicted octanol–water partition coefficient (Wildman–Crippen LogP) is 5.11. The Hall–Kier alpha value is -4.05. The van der Waals surface area contributed by atoms with E-state index in [0.29, 0.717) is 41.0 Å². The molecule has 1 N–H and O–H groups in total. The number of aryl methyl sites for hydroxylation is 1. The lowest BCUT2D eigenvalue weighted by Gasteiger charge is -2.38. The molecule has 0 saturated carbocycles. The molecule has 0 amide bonds. The number of aliphatic hydroxyl groups excluding tert-OH is 1. The van der Waals surface area contributed by atoms with Crippen LogP contribution in [0.5, 0.6) is 11.5 Å². The van der Waals surface area contributed by atoms with Crippen molar-refractivity contribution in [3.05, 3.63) is 72.0 Å². The second-order valence-corrected chi connectivity index (χ2v) is 8.46. The van der Waals surface area contributed by atoms with Crippen molar-refractivity contribution in [1.29, 1.82) is 0 Å². The van der Waals surface area contributed by atoms with E-state index in [2.05, 4.69) is 15.2 Å². The van der Waals surface area contributed by atoms with Gasteiger partial charge in [0.2, 0.25) is 0 Å². The number of rotatable bonds is 7. The van der Waals surface area contributed by atoms with Gasteiger partial charge in [-0.05, 0) is 30.7 Å². The molecule has 0 fully saturated rings. The van der Waals surface area contributed by atoms with Crippen LogP contribution in [0.1, 0.15) is 31.5 Å². The number of methoxy groups -OCH3 is 1. The van der Waals surface area contributed by atoms with Gasteiger partial charge in [-0.2, -0.15) is 0 Å². The lowest BCUT2D eigenvalue weighted by Crippen LogP contribution is -2.47. The summed E-state index contributed by atoms with van der Waals surface area (Å²) >= 11 is 0. The highest BCUT2D eigenvalue weighted by Gasteiger charge is 2.47.